The van der Waals surface area contributed by atoms with Gasteiger partial charge >= 0.3 is 0 Å². The Morgan fingerprint density at radius 1 is 1.58 bits per heavy atom. The molecule has 1 aromatic carbocycles. The minimum atomic E-state index is -0.0399. The zero-order valence-corrected chi connectivity index (χ0v) is 11.0. The van der Waals surface area contributed by atoms with Gasteiger partial charge in [-0.15, -0.1) is 0 Å². The van der Waals surface area contributed by atoms with Crippen molar-refractivity contribution in [3.8, 4) is 6.07 Å². The first-order valence-corrected chi connectivity index (χ1v) is 6.50. The highest BCUT2D eigenvalue weighted by atomic mass is 32.1. The maximum Gasteiger partial charge on any atom is 0.240 e. The molecule has 0 atom stereocenters. The lowest BCUT2D eigenvalue weighted by Crippen LogP contribution is -2.29. The van der Waals surface area contributed by atoms with Gasteiger partial charge in [-0.25, -0.2) is 0 Å². The fourth-order valence-corrected chi connectivity index (χ4v) is 2.30. The maximum atomic E-state index is 11.9. The number of H-pyrrole nitrogens is 1. The number of benzene rings is 1. The number of nitrogens with one attached hydrogen (secondary N) is 2. The Morgan fingerprint density at radius 3 is 3.05 bits per heavy atom. The van der Waals surface area contributed by atoms with Crippen molar-refractivity contribution in [3.05, 3.63) is 28.5 Å². The third-order valence-corrected chi connectivity index (χ3v) is 3.47. The largest absolute Gasteiger partial charge is 0.352 e. The van der Waals surface area contributed by atoms with Crippen LogP contribution in [-0.4, -0.2) is 21.5 Å². The van der Waals surface area contributed by atoms with Gasteiger partial charge < -0.3 is 14.9 Å². The predicted octanol–water partition coefficient (Wildman–Crippen LogP) is 1.85. The van der Waals surface area contributed by atoms with E-state index in [0.29, 0.717) is 16.4 Å². The number of carbonyl (C=O) groups excluding carboxylic acids is 1. The van der Waals surface area contributed by atoms with Crippen LogP contribution in [0.5, 0.6) is 0 Å². The molecule has 3 rings (SSSR count). The lowest BCUT2D eigenvalue weighted by molar-refractivity contribution is -0.121. The first kappa shape index (κ1) is 11.9. The average molecular weight is 272 g/mol. The van der Waals surface area contributed by atoms with Gasteiger partial charge in [-0.05, 0) is 43.3 Å². The molecule has 0 radical (unpaired) electrons. The van der Waals surface area contributed by atoms with Crippen molar-refractivity contribution in [3.63, 3.8) is 0 Å². The van der Waals surface area contributed by atoms with Crippen LogP contribution in [0, 0.1) is 16.1 Å². The summed E-state index contributed by atoms with van der Waals surface area (Å²) in [7, 11) is 0. The van der Waals surface area contributed by atoms with Gasteiger partial charge in [0, 0.05) is 6.04 Å². The molecule has 1 aliphatic carbocycles. The topological polar surface area (TPSA) is 73.6 Å². The Labute approximate surface area is 114 Å². The number of fused-ring (bicyclic) bond motifs is 1. The average Bonchev–Trinajstić information content (AvgIpc) is 3.15. The van der Waals surface area contributed by atoms with E-state index in [1.165, 1.54) is 0 Å². The second-order valence-corrected chi connectivity index (χ2v) is 5.09. The van der Waals surface area contributed by atoms with Crippen LogP contribution in [0.4, 0.5) is 0 Å². The number of hydrogen-bond acceptors (Lipinski definition) is 3. The van der Waals surface area contributed by atoms with Gasteiger partial charge in [0.2, 0.25) is 5.91 Å². The highest BCUT2D eigenvalue weighted by molar-refractivity contribution is 7.71. The van der Waals surface area contributed by atoms with E-state index in [1.807, 2.05) is 0 Å². The third-order valence-electron chi connectivity index (χ3n) is 3.15. The van der Waals surface area contributed by atoms with E-state index in [2.05, 4.69) is 16.4 Å². The van der Waals surface area contributed by atoms with Crippen LogP contribution in [0.2, 0.25) is 0 Å². The zero-order valence-electron chi connectivity index (χ0n) is 10.1. The van der Waals surface area contributed by atoms with Crippen molar-refractivity contribution in [1.29, 1.82) is 5.26 Å². The number of nitrogens with zero attached hydrogens (tertiary/aromatic N) is 2. The van der Waals surface area contributed by atoms with E-state index < -0.39 is 0 Å². The first-order chi connectivity index (χ1) is 9.17. The van der Waals surface area contributed by atoms with Crippen LogP contribution < -0.4 is 5.32 Å². The van der Waals surface area contributed by atoms with E-state index >= 15 is 0 Å². The summed E-state index contributed by atoms with van der Waals surface area (Å²) in [4.78, 5) is 14.9. The number of hydrogen-bond donors (Lipinski definition) is 2. The van der Waals surface area contributed by atoms with Crippen molar-refractivity contribution >= 4 is 29.2 Å². The molecular weight excluding hydrogens is 260 g/mol. The van der Waals surface area contributed by atoms with Crippen LogP contribution in [0.3, 0.4) is 0 Å². The fourth-order valence-electron chi connectivity index (χ4n) is 2.02. The van der Waals surface area contributed by atoms with E-state index in [4.69, 9.17) is 17.5 Å². The lowest BCUT2D eigenvalue weighted by Gasteiger charge is -2.05. The Kier molecular flexibility index (Phi) is 2.84. The summed E-state index contributed by atoms with van der Waals surface area (Å²) in [6, 6.07) is 7.70. The molecule has 1 fully saturated rings. The highest BCUT2D eigenvalue weighted by Crippen LogP contribution is 2.19. The number of carbonyl (C=O) groups is 1. The summed E-state index contributed by atoms with van der Waals surface area (Å²) < 4.78 is 2.22. The maximum absolute atomic E-state index is 11.9. The van der Waals surface area contributed by atoms with E-state index in [9.17, 15) is 4.79 Å². The van der Waals surface area contributed by atoms with Crippen LogP contribution in [0.1, 0.15) is 18.4 Å². The molecule has 1 saturated carbocycles. The predicted molar refractivity (Wildman–Crippen MR) is 73.0 cm³/mol. The number of aromatic amines is 1. The number of nitriles is 1. The molecule has 2 N–H and O–H groups in total. The smallest absolute Gasteiger partial charge is 0.240 e. The molecule has 0 spiro atoms. The minimum absolute atomic E-state index is 0.0399. The molecule has 1 aliphatic rings. The molecule has 2 aromatic rings. The van der Waals surface area contributed by atoms with Gasteiger partial charge in [0.25, 0.3) is 0 Å². The summed E-state index contributed by atoms with van der Waals surface area (Å²) in [6.45, 7) is 0.185. The zero-order chi connectivity index (χ0) is 13.4. The van der Waals surface area contributed by atoms with E-state index in [-0.39, 0.29) is 12.5 Å². The molecule has 1 heterocycles. The van der Waals surface area contributed by atoms with Gasteiger partial charge in [0.05, 0.1) is 22.7 Å². The molecule has 0 saturated heterocycles. The number of aromatic nitrogens is 2. The normalized spacial score (nSPS) is 14.3. The number of imidazole rings is 1. The lowest BCUT2D eigenvalue weighted by atomic mass is 10.2. The molecule has 1 aromatic heterocycles. The second kappa shape index (κ2) is 4.52. The summed E-state index contributed by atoms with van der Waals surface area (Å²) in [5.41, 5.74) is 2.18. The van der Waals surface area contributed by atoms with Gasteiger partial charge in [-0.1, -0.05) is 0 Å². The van der Waals surface area contributed by atoms with Crippen LogP contribution in [0.15, 0.2) is 18.2 Å². The Balaban J connectivity index is 1.96. The summed E-state index contributed by atoms with van der Waals surface area (Å²) in [6.07, 6.45) is 2.12. The number of rotatable bonds is 3. The van der Waals surface area contributed by atoms with Crippen molar-refractivity contribution in [2.45, 2.75) is 25.4 Å². The standard InChI is InChI=1S/C13H12N4OS/c14-6-8-1-4-10-11(5-8)17(13(19)16-10)7-12(18)15-9-2-3-9/h1,4-5,9H,2-3,7H2,(H,15,18)(H,16,19). The Bertz CT molecular complexity index is 748. The third kappa shape index (κ3) is 2.37. The summed E-state index contributed by atoms with van der Waals surface area (Å²) in [5.74, 6) is -0.0399. The minimum Gasteiger partial charge on any atom is -0.352 e. The molecule has 0 unspecified atom stereocenters. The van der Waals surface area contributed by atoms with Gasteiger partial charge in [-0.2, -0.15) is 5.26 Å². The van der Waals surface area contributed by atoms with Crippen molar-refractivity contribution < 1.29 is 4.79 Å². The van der Waals surface area contributed by atoms with Crippen LogP contribution >= 0.6 is 12.2 Å². The van der Waals surface area contributed by atoms with Gasteiger partial charge in [0.15, 0.2) is 4.77 Å². The van der Waals surface area contributed by atoms with Crippen LogP contribution in [-0.2, 0) is 11.3 Å². The van der Waals surface area contributed by atoms with E-state index in [0.717, 1.165) is 23.9 Å². The Hall–Kier alpha value is -2.13. The highest BCUT2D eigenvalue weighted by Gasteiger charge is 2.23. The summed E-state index contributed by atoms with van der Waals surface area (Å²) >= 11 is 5.22. The SMILES string of the molecule is N#Cc1ccc2[nH]c(=S)n(CC(=O)NC3CC3)c2c1. The van der Waals surface area contributed by atoms with E-state index in [1.54, 1.807) is 22.8 Å². The van der Waals surface area contributed by atoms with Gasteiger partial charge in [0.1, 0.15) is 6.54 Å². The molecule has 19 heavy (non-hydrogen) atoms. The second-order valence-electron chi connectivity index (χ2n) is 4.70. The first-order valence-electron chi connectivity index (χ1n) is 6.09. The fraction of sp³-hybridized carbons (Fsp3) is 0.308. The van der Waals surface area contributed by atoms with Crippen LogP contribution in [0.25, 0.3) is 11.0 Å². The van der Waals surface area contributed by atoms with Gasteiger partial charge in [-0.3, -0.25) is 4.79 Å². The van der Waals surface area contributed by atoms with Crippen molar-refractivity contribution in [2.24, 2.45) is 0 Å². The molecule has 0 bridgehead atoms. The molecule has 1 amide bonds. The molecule has 0 aliphatic heterocycles. The molecule has 96 valence electrons. The number of amides is 1. The molecular formula is C13H12N4OS. The summed E-state index contributed by atoms with van der Waals surface area (Å²) in [5, 5.41) is 11.9. The molecule has 5 nitrogen and oxygen atoms in total. The Morgan fingerprint density at radius 2 is 2.37 bits per heavy atom. The molecule has 6 heteroatoms. The van der Waals surface area contributed by atoms with Crippen molar-refractivity contribution in [1.82, 2.24) is 14.9 Å². The van der Waals surface area contributed by atoms with Crippen molar-refractivity contribution in [2.75, 3.05) is 0 Å². The quantitative estimate of drug-likeness (QED) is 0.837. The monoisotopic (exact) mass is 272 g/mol.